The quantitative estimate of drug-likeness (QED) is 0.313. The van der Waals surface area contributed by atoms with Crippen molar-refractivity contribution in [3.05, 3.63) is 78.4 Å². The lowest BCUT2D eigenvalue weighted by Crippen LogP contribution is -2.30. The van der Waals surface area contributed by atoms with Crippen molar-refractivity contribution >= 4 is 66.3 Å². The van der Waals surface area contributed by atoms with Gasteiger partial charge in [-0.15, -0.1) is 0 Å². The van der Waals surface area contributed by atoms with E-state index >= 15 is 0 Å². The van der Waals surface area contributed by atoms with Gasteiger partial charge in [-0.05, 0) is 30.3 Å². The fraction of sp³-hybridized carbons (Fsp3) is 0.0370. The third kappa shape index (κ3) is 1.78. The van der Waals surface area contributed by atoms with Crippen LogP contribution >= 0.6 is 0 Å². The van der Waals surface area contributed by atoms with E-state index in [1.54, 1.807) is 6.07 Å². The summed E-state index contributed by atoms with van der Waals surface area (Å²) in [4.78, 5) is 5.04. The summed E-state index contributed by atoms with van der Waals surface area (Å²) in [5.41, 5.74) is 6.43. The van der Waals surface area contributed by atoms with E-state index in [0.29, 0.717) is 5.56 Å². The van der Waals surface area contributed by atoms with Gasteiger partial charge in [0, 0.05) is 26.9 Å². The van der Waals surface area contributed by atoms with Gasteiger partial charge in [0.1, 0.15) is 17.1 Å². The van der Waals surface area contributed by atoms with Gasteiger partial charge in [-0.1, -0.05) is 42.5 Å². The highest BCUT2D eigenvalue weighted by Crippen LogP contribution is 2.48. The Morgan fingerprint density at radius 1 is 0.938 bits per heavy atom. The van der Waals surface area contributed by atoms with Gasteiger partial charge in [0.15, 0.2) is 5.58 Å². The second-order valence-electron chi connectivity index (χ2n) is 8.40. The number of aliphatic imine (C=N–C) groups is 1. The van der Waals surface area contributed by atoms with E-state index < -0.39 is 0 Å². The van der Waals surface area contributed by atoms with Gasteiger partial charge in [0.2, 0.25) is 0 Å². The first-order valence-electron chi connectivity index (χ1n) is 10.6. The zero-order chi connectivity index (χ0) is 21.0. The summed E-state index contributed by atoms with van der Waals surface area (Å²) in [5, 5.41) is 18.5. The van der Waals surface area contributed by atoms with Crippen molar-refractivity contribution in [1.82, 2.24) is 4.40 Å². The fourth-order valence-corrected chi connectivity index (χ4v) is 5.38. The van der Waals surface area contributed by atoms with Gasteiger partial charge < -0.3 is 9.73 Å². The van der Waals surface area contributed by atoms with Crippen molar-refractivity contribution in [2.45, 2.75) is 6.04 Å². The van der Waals surface area contributed by atoms with E-state index in [1.165, 1.54) is 5.39 Å². The molecule has 5 heteroatoms. The highest BCUT2D eigenvalue weighted by molar-refractivity contribution is 6.27. The van der Waals surface area contributed by atoms with Crippen LogP contribution in [0, 0.1) is 11.3 Å². The minimum atomic E-state index is 0.0497. The number of aromatic nitrogens is 1. The summed E-state index contributed by atoms with van der Waals surface area (Å²) in [7, 11) is 0. The first kappa shape index (κ1) is 16.2. The van der Waals surface area contributed by atoms with Crippen molar-refractivity contribution in [2.24, 2.45) is 4.99 Å². The van der Waals surface area contributed by atoms with Gasteiger partial charge in [-0.2, -0.15) is 5.26 Å². The molecule has 1 atom stereocenters. The van der Waals surface area contributed by atoms with Gasteiger partial charge in [0.05, 0.1) is 34.4 Å². The molecule has 0 saturated carbocycles. The molecule has 148 valence electrons. The summed E-state index contributed by atoms with van der Waals surface area (Å²) in [5.74, 6) is 0.991. The number of anilines is 1. The molecule has 0 saturated heterocycles. The average molecular weight is 410 g/mol. The summed E-state index contributed by atoms with van der Waals surface area (Å²) in [6, 6.07) is 18.6. The van der Waals surface area contributed by atoms with Crippen LogP contribution in [-0.2, 0) is 0 Å². The number of furan rings is 1. The normalized spacial score (nSPS) is 17.2. The Kier molecular flexibility index (Phi) is 2.71. The number of hydrogen-bond donors (Lipinski definition) is 1. The van der Waals surface area contributed by atoms with Gasteiger partial charge >= 0.3 is 0 Å². The van der Waals surface area contributed by atoms with Crippen molar-refractivity contribution in [3.8, 4) is 6.07 Å². The van der Waals surface area contributed by atoms with Crippen LogP contribution in [0.5, 0.6) is 0 Å². The third-order valence-corrected chi connectivity index (χ3v) is 6.75. The van der Waals surface area contributed by atoms with E-state index in [4.69, 9.17) is 9.41 Å². The standard InChI is InChI=1S/C27H14N4O/c28-13-14-8-11-22-19(12-14)17-10-9-16-15-4-3-5-18-23-27(30-21-7-2-1-6-20(21)29-23)31(24(15)18)25(16)26(17)32-22/h1-12,21,30H. The number of nitrogens with zero attached hydrogens (tertiary/aromatic N) is 3. The molecule has 5 nitrogen and oxygen atoms in total. The molecule has 32 heavy (non-hydrogen) atoms. The van der Waals surface area contributed by atoms with Crippen LogP contribution in [0.3, 0.4) is 0 Å². The monoisotopic (exact) mass is 410 g/mol. The summed E-state index contributed by atoms with van der Waals surface area (Å²) in [6.45, 7) is 0. The Hall–Kier alpha value is -4.56. The molecule has 0 spiro atoms. The Morgan fingerprint density at radius 2 is 1.81 bits per heavy atom. The topological polar surface area (TPSA) is 65.7 Å². The second-order valence-corrected chi connectivity index (χ2v) is 8.40. The second kappa shape index (κ2) is 5.37. The predicted molar refractivity (Wildman–Crippen MR) is 128 cm³/mol. The number of nitriles is 1. The van der Waals surface area contributed by atoms with Crippen LogP contribution in [0.15, 0.2) is 82.2 Å². The minimum Gasteiger partial charge on any atom is -0.454 e. The number of para-hydroxylation sites is 1. The van der Waals surface area contributed by atoms with Crippen LogP contribution in [0.25, 0.3) is 49.1 Å². The molecule has 1 N–H and O–H groups in total. The smallest absolute Gasteiger partial charge is 0.160 e. The molecule has 0 radical (unpaired) electrons. The largest absolute Gasteiger partial charge is 0.454 e. The van der Waals surface area contributed by atoms with Crippen LogP contribution in [0.1, 0.15) is 5.56 Å². The van der Waals surface area contributed by atoms with E-state index in [1.807, 2.05) is 18.2 Å². The van der Waals surface area contributed by atoms with Crippen LogP contribution in [-0.4, -0.2) is 16.2 Å². The van der Waals surface area contributed by atoms with Crippen molar-refractivity contribution < 1.29 is 4.42 Å². The third-order valence-electron chi connectivity index (χ3n) is 6.75. The van der Waals surface area contributed by atoms with Crippen LogP contribution in [0.2, 0.25) is 0 Å². The summed E-state index contributed by atoms with van der Waals surface area (Å²) >= 11 is 0. The minimum absolute atomic E-state index is 0.0497. The Balaban J connectivity index is 1.60. The summed E-state index contributed by atoms with van der Waals surface area (Å²) in [6.07, 6.45) is 8.28. The maximum absolute atomic E-state index is 9.37. The SMILES string of the molecule is N#Cc1ccc2oc3c(ccc4c5cccc6c7c(n(c65)c43)NC3C=CC=CC3=N7)c2c1. The van der Waals surface area contributed by atoms with E-state index in [-0.39, 0.29) is 6.04 Å². The maximum Gasteiger partial charge on any atom is 0.160 e. The highest BCUT2D eigenvalue weighted by atomic mass is 16.3. The zero-order valence-corrected chi connectivity index (χ0v) is 16.8. The molecule has 8 rings (SSSR count). The van der Waals surface area contributed by atoms with Crippen molar-refractivity contribution in [1.29, 1.82) is 5.26 Å². The van der Waals surface area contributed by atoms with Crippen LogP contribution in [0.4, 0.5) is 11.5 Å². The lowest BCUT2D eigenvalue weighted by atomic mass is 10.0. The molecule has 3 aromatic carbocycles. The molecular weight excluding hydrogens is 396 g/mol. The Bertz CT molecular complexity index is 1920. The van der Waals surface area contributed by atoms with E-state index in [9.17, 15) is 5.26 Å². The molecule has 3 aromatic heterocycles. The maximum atomic E-state index is 9.37. The lowest BCUT2D eigenvalue weighted by Gasteiger charge is -2.23. The molecule has 1 aliphatic carbocycles. The number of hydrogen-bond acceptors (Lipinski definition) is 4. The molecule has 1 aliphatic heterocycles. The number of rotatable bonds is 0. The molecule has 0 fully saturated rings. The molecule has 6 aromatic rings. The van der Waals surface area contributed by atoms with E-state index in [0.717, 1.165) is 61.0 Å². The zero-order valence-electron chi connectivity index (χ0n) is 16.8. The van der Waals surface area contributed by atoms with Gasteiger partial charge in [-0.3, -0.25) is 4.40 Å². The van der Waals surface area contributed by atoms with Crippen molar-refractivity contribution in [2.75, 3.05) is 5.32 Å². The number of benzene rings is 3. The van der Waals surface area contributed by atoms with E-state index in [2.05, 4.69) is 64.3 Å². The molecule has 0 amide bonds. The Labute approximate surface area is 181 Å². The predicted octanol–water partition coefficient (Wildman–Crippen LogP) is 6.45. The van der Waals surface area contributed by atoms with Gasteiger partial charge in [-0.25, -0.2) is 4.99 Å². The summed E-state index contributed by atoms with van der Waals surface area (Å²) < 4.78 is 8.68. The lowest BCUT2D eigenvalue weighted by molar-refractivity contribution is 0.671. The Morgan fingerprint density at radius 3 is 2.75 bits per heavy atom. The molecule has 2 aliphatic rings. The number of nitrogens with one attached hydrogen (secondary N) is 1. The molecule has 4 heterocycles. The number of fused-ring (bicyclic) bond motifs is 11. The fourth-order valence-electron chi connectivity index (χ4n) is 5.38. The first-order chi connectivity index (χ1) is 15.8. The highest BCUT2D eigenvalue weighted by Gasteiger charge is 2.29. The number of allylic oxidation sites excluding steroid dienone is 2. The van der Waals surface area contributed by atoms with Crippen LogP contribution < -0.4 is 5.32 Å². The molecule has 1 unspecified atom stereocenters. The van der Waals surface area contributed by atoms with Crippen molar-refractivity contribution in [3.63, 3.8) is 0 Å². The molecule has 0 bridgehead atoms. The first-order valence-corrected chi connectivity index (χ1v) is 10.6. The molecular formula is C27H14N4O. The average Bonchev–Trinajstić information content (AvgIpc) is 3.48. The van der Waals surface area contributed by atoms with Gasteiger partial charge in [0.25, 0.3) is 0 Å².